The van der Waals surface area contributed by atoms with E-state index in [-0.39, 0.29) is 0 Å². The highest BCUT2D eigenvalue weighted by atomic mass is 16.5. The maximum absolute atomic E-state index is 5.02. The van der Waals surface area contributed by atoms with Gasteiger partial charge < -0.3 is 14.6 Å². The smallest absolute Gasteiger partial charge is 0.108 e. The molecule has 0 atom stereocenters. The topological polar surface area (TPSA) is 39.1 Å². The Balaban J connectivity index is 2.26. The number of methoxy groups -OCH3 is 1. The standard InChI is InChI=1S/C13H25N3O/c1-13(2,11-14-8-10-17-4)6-5-12-15-7-9-16(12)3/h7,9,14H,5-6,8,10-11H2,1-4H3. The molecule has 1 heterocycles. The SMILES string of the molecule is COCCNCC(C)(C)CCc1nccn1C. The summed E-state index contributed by atoms with van der Waals surface area (Å²) in [6.07, 6.45) is 6.03. The van der Waals surface area contributed by atoms with E-state index in [0.717, 1.165) is 38.4 Å². The van der Waals surface area contributed by atoms with Gasteiger partial charge in [-0.3, -0.25) is 0 Å². The molecule has 4 heteroatoms. The number of imidazole rings is 1. The summed E-state index contributed by atoms with van der Waals surface area (Å²) in [5, 5.41) is 3.42. The number of nitrogens with one attached hydrogen (secondary N) is 1. The van der Waals surface area contributed by atoms with Gasteiger partial charge in [-0.25, -0.2) is 4.98 Å². The molecule has 0 amide bonds. The van der Waals surface area contributed by atoms with Gasteiger partial charge in [-0.1, -0.05) is 13.8 Å². The highest BCUT2D eigenvalue weighted by Gasteiger charge is 2.18. The number of nitrogens with zero attached hydrogens (tertiary/aromatic N) is 2. The molecule has 4 nitrogen and oxygen atoms in total. The van der Waals surface area contributed by atoms with Crippen LogP contribution in [0, 0.1) is 5.41 Å². The van der Waals surface area contributed by atoms with Crippen molar-refractivity contribution in [2.45, 2.75) is 26.7 Å². The molecule has 0 aliphatic heterocycles. The van der Waals surface area contributed by atoms with Crippen molar-refractivity contribution in [1.29, 1.82) is 0 Å². The van der Waals surface area contributed by atoms with Crippen LogP contribution in [0.3, 0.4) is 0 Å². The van der Waals surface area contributed by atoms with Crippen LogP contribution in [-0.2, 0) is 18.2 Å². The van der Waals surface area contributed by atoms with Crippen molar-refractivity contribution in [3.8, 4) is 0 Å². The van der Waals surface area contributed by atoms with Gasteiger partial charge >= 0.3 is 0 Å². The molecule has 17 heavy (non-hydrogen) atoms. The fourth-order valence-electron chi connectivity index (χ4n) is 1.78. The monoisotopic (exact) mass is 239 g/mol. The number of hydrogen-bond donors (Lipinski definition) is 1. The molecule has 0 bridgehead atoms. The molecule has 0 spiro atoms. The number of ether oxygens (including phenoxy) is 1. The first-order valence-electron chi connectivity index (χ1n) is 6.21. The van der Waals surface area contributed by atoms with Crippen molar-refractivity contribution in [2.75, 3.05) is 26.8 Å². The number of rotatable bonds is 8. The molecule has 0 saturated heterocycles. The van der Waals surface area contributed by atoms with Crippen LogP contribution >= 0.6 is 0 Å². The lowest BCUT2D eigenvalue weighted by molar-refractivity contribution is 0.192. The largest absolute Gasteiger partial charge is 0.383 e. The van der Waals surface area contributed by atoms with Crippen LogP contribution in [-0.4, -0.2) is 36.4 Å². The third-order valence-corrected chi connectivity index (χ3v) is 3.03. The lowest BCUT2D eigenvalue weighted by atomic mass is 9.87. The molecular formula is C13H25N3O. The molecule has 0 fully saturated rings. The third kappa shape index (κ3) is 5.33. The molecule has 0 aromatic carbocycles. The van der Waals surface area contributed by atoms with Gasteiger partial charge in [-0.2, -0.15) is 0 Å². The maximum atomic E-state index is 5.02. The Labute approximate surface area is 104 Å². The summed E-state index contributed by atoms with van der Waals surface area (Å²) in [6, 6.07) is 0. The Morgan fingerprint density at radius 2 is 2.24 bits per heavy atom. The van der Waals surface area contributed by atoms with E-state index >= 15 is 0 Å². The summed E-state index contributed by atoms with van der Waals surface area (Å²) >= 11 is 0. The molecule has 1 rings (SSSR count). The summed E-state index contributed by atoms with van der Waals surface area (Å²) < 4.78 is 7.11. The quantitative estimate of drug-likeness (QED) is 0.701. The number of aryl methyl sites for hydroxylation is 2. The van der Waals surface area contributed by atoms with E-state index in [9.17, 15) is 0 Å². The predicted molar refractivity (Wildman–Crippen MR) is 70.1 cm³/mol. The van der Waals surface area contributed by atoms with Crippen LogP contribution in [0.5, 0.6) is 0 Å². The Morgan fingerprint density at radius 3 is 2.82 bits per heavy atom. The zero-order valence-electron chi connectivity index (χ0n) is 11.5. The molecule has 1 N–H and O–H groups in total. The van der Waals surface area contributed by atoms with Gasteiger partial charge in [0.2, 0.25) is 0 Å². The van der Waals surface area contributed by atoms with Crippen LogP contribution in [0.15, 0.2) is 12.4 Å². The van der Waals surface area contributed by atoms with Crippen LogP contribution in [0.2, 0.25) is 0 Å². The molecule has 0 saturated carbocycles. The zero-order chi connectivity index (χ0) is 12.7. The van der Waals surface area contributed by atoms with Crippen molar-refractivity contribution in [2.24, 2.45) is 12.5 Å². The summed E-state index contributed by atoms with van der Waals surface area (Å²) in [5.74, 6) is 1.16. The molecular weight excluding hydrogens is 214 g/mol. The van der Waals surface area contributed by atoms with E-state index in [1.807, 2.05) is 19.4 Å². The molecule has 0 radical (unpaired) electrons. The van der Waals surface area contributed by atoms with Crippen molar-refractivity contribution in [3.05, 3.63) is 18.2 Å². The maximum Gasteiger partial charge on any atom is 0.108 e. The summed E-state index contributed by atoms with van der Waals surface area (Å²) in [4.78, 5) is 4.35. The number of hydrogen-bond acceptors (Lipinski definition) is 3. The van der Waals surface area contributed by atoms with Gasteiger partial charge in [0.05, 0.1) is 6.61 Å². The number of aromatic nitrogens is 2. The molecule has 1 aromatic rings. The predicted octanol–water partition coefficient (Wildman–Crippen LogP) is 1.61. The molecule has 0 aliphatic rings. The average molecular weight is 239 g/mol. The zero-order valence-corrected chi connectivity index (χ0v) is 11.5. The second-order valence-corrected chi connectivity index (χ2v) is 5.29. The van der Waals surface area contributed by atoms with E-state index in [2.05, 4.69) is 28.7 Å². The summed E-state index contributed by atoms with van der Waals surface area (Å²) in [7, 11) is 3.78. The molecule has 0 aliphatic carbocycles. The van der Waals surface area contributed by atoms with E-state index < -0.39 is 0 Å². The molecule has 1 aromatic heterocycles. The molecule has 98 valence electrons. The van der Waals surface area contributed by atoms with Crippen LogP contribution in [0.25, 0.3) is 0 Å². The Hall–Kier alpha value is -0.870. The normalized spacial score (nSPS) is 12.0. The van der Waals surface area contributed by atoms with E-state index in [1.54, 1.807) is 7.11 Å². The molecule has 0 unspecified atom stereocenters. The third-order valence-electron chi connectivity index (χ3n) is 3.03. The highest BCUT2D eigenvalue weighted by Crippen LogP contribution is 2.21. The van der Waals surface area contributed by atoms with Gasteiger partial charge in [0.25, 0.3) is 0 Å². The Bertz CT molecular complexity index is 320. The average Bonchev–Trinajstić information content (AvgIpc) is 2.68. The van der Waals surface area contributed by atoms with Crippen molar-refractivity contribution in [3.63, 3.8) is 0 Å². The van der Waals surface area contributed by atoms with Crippen molar-refractivity contribution < 1.29 is 4.74 Å². The first-order valence-corrected chi connectivity index (χ1v) is 6.21. The van der Waals surface area contributed by atoms with Gasteiger partial charge in [-0.15, -0.1) is 0 Å². The fourth-order valence-corrected chi connectivity index (χ4v) is 1.78. The van der Waals surface area contributed by atoms with Crippen molar-refractivity contribution in [1.82, 2.24) is 14.9 Å². The van der Waals surface area contributed by atoms with Gasteiger partial charge in [0, 0.05) is 46.1 Å². The minimum atomic E-state index is 0.291. The lowest BCUT2D eigenvalue weighted by Gasteiger charge is -2.24. The Morgan fingerprint density at radius 1 is 1.47 bits per heavy atom. The minimum Gasteiger partial charge on any atom is -0.383 e. The first-order chi connectivity index (χ1) is 8.05. The van der Waals surface area contributed by atoms with E-state index in [1.165, 1.54) is 0 Å². The van der Waals surface area contributed by atoms with E-state index in [0.29, 0.717) is 5.41 Å². The lowest BCUT2D eigenvalue weighted by Crippen LogP contribution is -2.32. The van der Waals surface area contributed by atoms with Crippen LogP contribution in [0.1, 0.15) is 26.1 Å². The first kappa shape index (κ1) is 14.2. The second kappa shape index (κ2) is 6.77. The van der Waals surface area contributed by atoms with Gasteiger partial charge in [0.1, 0.15) is 5.82 Å². The fraction of sp³-hybridized carbons (Fsp3) is 0.769. The Kier molecular flexibility index (Phi) is 5.65. The summed E-state index contributed by atoms with van der Waals surface area (Å²) in [6.45, 7) is 7.28. The minimum absolute atomic E-state index is 0.291. The summed E-state index contributed by atoms with van der Waals surface area (Å²) in [5.41, 5.74) is 0.291. The van der Waals surface area contributed by atoms with Crippen molar-refractivity contribution >= 4 is 0 Å². The van der Waals surface area contributed by atoms with E-state index in [4.69, 9.17) is 4.74 Å². The van der Waals surface area contributed by atoms with Crippen LogP contribution in [0.4, 0.5) is 0 Å². The highest BCUT2D eigenvalue weighted by molar-refractivity contribution is 4.92. The second-order valence-electron chi connectivity index (χ2n) is 5.29. The van der Waals surface area contributed by atoms with Gasteiger partial charge in [0.15, 0.2) is 0 Å². The van der Waals surface area contributed by atoms with Crippen LogP contribution < -0.4 is 5.32 Å². The van der Waals surface area contributed by atoms with Gasteiger partial charge in [-0.05, 0) is 11.8 Å².